The van der Waals surface area contributed by atoms with Crippen LogP contribution in [-0.4, -0.2) is 37.2 Å². The van der Waals surface area contributed by atoms with E-state index in [-0.39, 0.29) is 37.5 Å². The molecule has 0 bridgehead atoms. The highest BCUT2D eigenvalue weighted by atomic mass is 16.6. The molecular formula is C69H114O6. The first-order valence-electron chi connectivity index (χ1n) is 31.0. The lowest BCUT2D eigenvalue weighted by atomic mass is 10.0. The van der Waals surface area contributed by atoms with E-state index >= 15 is 0 Å². The third-order valence-electron chi connectivity index (χ3n) is 12.9. The zero-order chi connectivity index (χ0) is 54.3. The Morgan fingerprint density at radius 3 is 0.893 bits per heavy atom. The molecule has 75 heavy (non-hydrogen) atoms. The molecule has 0 aliphatic heterocycles. The summed E-state index contributed by atoms with van der Waals surface area (Å²) >= 11 is 0. The summed E-state index contributed by atoms with van der Waals surface area (Å²) in [5.41, 5.74) is 0. The fourth-order valence-corrected chi connectivity index (χ4v) is 8.36. The van der Waals surface area contributed by atoms with Crippen LogP contribution in [0.3, 0.4) is 0 Å². The third-order valence-corrected chi connectivity index (χ3v) is 12.9. The van der Waals surface area contributed by atoms with Gasteiger partial charge in [0, 0.05) is 19.3 Å². The summed E-state index contributed by atoms with van der Waals surface area (Å²) in [6.45, 7) is 6.32. The number of allylic oxidation sites excluding steroid dienone is 20. The van der Waals surface area contributed by atoms with E-state index < -0.39 is 6.10 Å². The van der Waals surface area contributed by atoms with Gasteiger partial charge < -0.3 is 14.2 Å². The van der Waals surface area contributed by atoms with Crippen LogP contribution in [0.2, 0.25) is 0 Å². The van der Waals surface area contributed by atoms with E-state index in [0.29, 0.717) is 19.3 Å². The second kappa shape index (κ2) is 62.4. The van der Waals surface area contributed by atoms with Crippen LogP contribution in [0.15, 0.2) is 122 Å². The molecule has 0 N–H and O–H groups in total. The predicted molar refractivity (Wildman–Crippen MR) is 325 cm³/mol. The summed E-state index contributed by atoms with van der Waals surface area (Å²) in [6, 6.07) is 0. The van der Waals surface area contributed by atoms with Gasteiger partial charge in [-0.2, -0.15) is 0 Å². The summed E-state index contributed by atoms with van der Waals surface area (Å²) in [4.78, 5) is 38.2. The highest BCUT2D eigenvalue weighted by Crippen LogP contribution is 2.16. The van der Waals surface area contributed by atoms with Gasteiger partial charge >= 0.3 is 17.9 Å². The first kappa shape index (κ1) is 70.8. The number of ether oxygens (including phenoxy) is 3. The first-order valence-corrected chi connectivity index (χ1v) is 31.0. The number of hydrogen-bond donors (Lipinski definition) is 0. The standard InChI is InChI=1S/C69H114O6/c1-4-7-10-13-16-19-22-25-27-28-29-30-31-32-33-34-35-36-37-38-39-40-42-44-47-50-53-56-59-62-68(71)74-65-66(64-73-67(70)61-58-55-52-49-46-43-24-21-18-15-12-9-6-3)75-69(72)63-60-57-54-51-48-45-41-26-23-20-17-14-11-8-5-2/h7,9-10,12,16-21,25-27,29-30,41,43,46,52,55,66H,4-6,8,11,13-15,22-24,28,31-40,42,44-45,47-51,53-54,56-65H2,1-3H3/b10-7-,12-9-,19-16-,20-17-,21-18-,27-25-,30-29-,41-26-,46-43-,55-52-. The van der Waals surface area contributed by atoms with Gasteiger partial charge in [0.25, 0.3) is 0 Å². The van der Waals surface area contributed by atoms with Crippen LogP contribution >= 0.6 is 0 Å². The zero-order valence-electron chi connectivity index (χ0n) is 48.8. The van der Waals surface area contributed by atoms with Crippen molar-refractivity contribution >= 4 is 17.9 Å². The summed E-state index contributed by atoms with van der Waals surface area (Å²) in [6.07, 6.45) is 86.6. The van der Waals surface area contributed by atoms with Crippen LogP contribution in [0.5, 0.6) is 0 Å². The topological polar surface area (TPSA) is 78.9 Å². The van der Waals surface area contributed by atoms with Gasteiger partial charge in [-0.1, -0.05) is 264 Å². The normalized spacial score (nSPS) is 12.9. The lowest BCUT2D eigenvalue weighted by Crippen LogP contribution is -2.30. The molecule has 0 spiro atoms. The molecule has 0 radical (unpaired) electrons. The Bertz CT molecular complexity index is 1570. The fourth-order valence-electron chi connectivity index (χ4n) is 8.36. The van der Waals surface area contributed by atoms with Gasteiger partial charge in [0.1, 0.15) is 13.2 Å². The van der Waals surface area contributed by atoms with E-state index in [4.69, 9.17) is 14.2 Å². The molecule has 0 aliphatic carbocycles. The zero-order valence-corrected chi connectivity index (χ0v) is 48.8. The molecule has 426 valence electrons. The van der Waals surface area contributed by atoms with Crippen LogP contribution in [-0.2, 0) is 28.6 Å². The molecule has 0 rings (SSSR count). The van der Waals surface area contributed by atoms with E-state index in [0.717, 1.165) is 116 Å². The van der Waals surface area contributed by atoms with Crippen molar-refractivity contribution < 1.29 is 28.6 Å². The number of esters is 3. The van der Waals surface area contributed by atoms with E-state index in [2.05, 4.69) is 136 Å². The first-order chi connectivity index (χ1) is 37.0. The van der Waals surface area contributed by atoms with Gasteiger partial charge in [0.2, 0.25) is 0 Å². The minimum Gasteiger partial charge on any atom is -0.462 e. The molecule has 1 atom stereocenters. The van der Waals surface area contributed by atoms with Crippen molar-refractivity contribution in [3.8, 4) is 0 Å². The molecule has 0 saturated carbocycles. The Hall–Kier alpha value is -4.19. The number of hydrogen-bond acceptors (Lipinski definition) is 6. The maximum absolute atomic E-state index is 12.9. The molecule has 0 amide bonds. The number of unbranched alkanes of at least 4 members (excludes halogenated alkanes) is 24. The molecule has 0 fully saturated rings. The van der Waals surface area contributed by atoms with Crippen molar-refractivity contribution in [2.45, 2.75) is 284 Å². The average molecular weight is 1040 g/mol. The molecule has 1 unspecified atom stereocenters. The van der Waals surface area contributed by atoms with E-state index in [1.54, 1.807) is 0 Å². The molecule has 6 heteroatoms. The third kappa shape index (κ3) is 60.6. The largest absolute Gasteiger partial charge is 0.462 e. The predicted octanol–water partition coefficient (Wildman–Crippen LogP) is 21.2. The molecule has 0 aromatic heterocycles. The number of carbonyl (C=O) groups excluding carboxylic acids is 3. The molecule has 0 aromatic rings. The summed E-state index contributed by atoms with van der Waals surface area (Å²) in [7, 11) is 0. The van der Waals surface area contributed by atoms with Crippen LogP contribution in [0.4, 0.5) is 0 Å². The quantitative estimate of drug-likeness (QED) is 0.0261. The van der Waals surface area contributed by atoms with Gasteiger partial charge in [-0.15, -0.1) is 0 Å². The van der Waals surface area contributed by atoms with Crippen molar-refractivity contribution in [2.75, 3.05) is 13.2 Å². The van der Waals surface area contributed by atoms with Crippen LogP contribution < -0.4 is 0 Å². The Morgan fingerprint density at radius 2 is 0.547 bits per heavy atom. The number of carbonyl (C=O) groups is 3. The molecular weight excluding hydrogens is 925 g/mol. The Morgan fingerprint density at radius 1 is 0.280 bits per heavy atom. The van der Waals surface area contributed by atoms with Gasteiger partial charge in [0.15, 0.2) is 6.10 Å². The highest BCUT2D eigenvalue weighted by Gasteiger charge is 2.19. The second-order valence-corrected chi connectivity index (χ2v) is 20.2. The maximum Gasteiger partial charge on any atom is 0.306 e. The Kier molecular flexibility index (Phi) is 58.9. The molecule has 0 aromatic carbocycles. The monoisotopic (exact) mass is 1040 g/mol. The second-order valence-electron chi connectivity index (χ2n) is 20.2. The van der Waals surface area contributed by atoms with Gasteiger partial charge in [-0.05, 0) is 116 Å². The Labute approximate surface area is 462 Å². The summed E-state index contributed by atoms with van der Waals surface area (Å²) in [5, 5.41) is 0. The molecule has 0 aliphatic rings. The van der Waals surface area contributed by atoms with Crippen LogP contribution in [0, 0.1) is 0 Å². The SMILES string of the molecule is CC/C=C\C/C=C\C/C=C\C/C=C\CCCCCCCCCCCCCCCCCCC(=O)OCC(COC(=O)CC/C=C\C/C=C\C/C=C\C/C=C\CC)OC(=O)CCCCCCC/C=C\C/C=C\CCCCC. The number of rotatable bonds is 55. The van der Waals surface area contributed by atoms with E-state index in [9.17, 15) is 14.4 Å². The van der Waals surface area contributed by atoms with E-state index in [1.165, 1.54) is 116 Å². The fraction of sp³-hybridized carbons (Fsp3) is 0.667. The minimum absolute atomic E-state index is 0.107. The van der Waals surface area contributed by atoms with Crippen molar-refractivity contribution in [1.29, 1.82) is 0 Å². The summed E-state index contributed by atoms with van der Waals surface area (Å²) < 4.78 is 16.8. The van der Waals surface area contributed by atoms with Crippen molar-refractivity contribution in [2.24, 2.45) is 0 Å². The minimum atomic E-state index is -0.816. The summed E-state index contributed by atoms with van der Waals surface area (Å²) in [5.74, 6) is -1.00. The lowest BCUT2D eigenvalue weighted by Gasteiger charge is -2.18. The molecule has 6 nitrogen and oxygen atoms in total. The maximum atomic E-state index is 12.9. The average Bonchev–Trinajstić information content (AvgIpc) is 3.41. The van der Waals surface area contributed by atoms with E-state index in [1.807, 2.05) is 6.08 Å². The smallest absolute Gasteiger partial charge is 0.306 e. The van der Waals surface area contributed by atoms with Gasteiger partial charge in [0.05, 0.1) is 0 Å². The Balaban J connectivity index is 4.28. The van der Waals surface area contributed by atoms with Gasteiger partial charge in [-0.25, -0.2) is 0 Å². The van der Waals surface area contributed by atoms with Gasteiger partial charge in [-0.3, -0.25) is 14.4 Å². The van der Waals surface area contributed by atoms with Crippen molar-refractivity contribution in [3.63, 3.8) is 0 Å². The van der Waals surface area contributed by atoms with Crippen LogP contribution in [0.25, 0.3) is 0 Å². The lowest BCUT2D eigenvalue weighted by molar-refractivity contribution is -0.166. The van der Waals surface area contributed by atoms with Crippen molar-refractivity contribution in [3.05, 3.63) is 122 Å². The molecule has 0 heterocycles. The van der Waals surface area contributed by atoms with Crippen LogP contribution in [0.1, 0.15) is 278 Å². The van der Waals surface area contributed by atoms with Crippen molar-refractivity contribution in [1.82, 2.24) is 0 Å². The molecule has 0 saturated heterocycles. The highest BCUT2D eigenvalue weighted by molar-refractivity contribution is 5.71.